The van der Waals surface area contributed by atoms with E-state index in [9.17, 15) is 14.0 Å². The molecule has 0 radical (unpaired) electrons. The van der Waals surface area contributed by atoms with Gasteiger partial charge in [0.2, 0.25) is 0 Å². The van der Waals surface area contributed by atoms with Crippen molar-refractivity contribution >= 4 is 17.7 Å². The van der Waals surface area contributed by atoms with Gasteiger partial charge in [0.25, 0.3) is 0 Å². The molecule has 6 nitrogen and oxygen atoms in total. The number of nitrogens with one attached hydrogen (secondary N) is 1. The number of hydrogen-bond donors (Lipinski definition) is 2. The van der Waals surface area contributed by atoms with E-state index in [2.05, 4.69) is 5.32 Å². The molecule has 1 aromatic rings. The fourth-order valence-corrected chi connectivity index (χ4v) is 1.43. The van der Waals surface area contributed by atoms with Crippen LogP contribution in [0.25, 0.3) is 0 Å². The van der Waals surface area contributed by atoms with E-state index in [4.69, 9.17) is 9.84 Å². The SMILES string of the molecule is CCOCCN(C)C(=O)Nc1ccc(F)c(C(=O)O)c1. The maximum absolute atomic E-state index is 13.2. The van der Waals surface area contributed by atoms with E-state index in [-0.39, 0.29) is 5.69 Å². The highest BCUT2D eigenvalue weighted by atomic mass is 19.1. The van der Waals surface area contributed by atoms with Gasteiger partial charge in [0.05, 0.1) is 12.2 Å². The average molecular weight is 284 g/mol. The average Bonchev–Trinajstić information content (AvgIpc) is 2.40. The summed E-state index contributed by atoms with van der Waals surface area (Å²) in [6.45, 7) is 3.22. The number of amides is 2. The molecular weight excluding hydrogens is 267 g/mol. The van der Waals surface area contributed by atoms with Crippen LogP contribution in [0.2, 0.25) is 0 Å². The number of hydrogen-bond acceptors (Lipinski definition) is 3. The van der Waals surface area contributed by atoms with E-state index in [1.165, 1.54) is 11.0 Å². The molecule has 0 saturated heterocycles. The standard InChI is InChI=1S/C13H17FN2O4/c1-3-20-7-6-16(2)13(19)15-9-4-5-11(14)10(8-9)12(17)18/h4-5,8H,3,6-7H2,1-2H3,(H,15,19)(H,17,18). The number of halogens is 1. The Hall–Kier alpha value is -2.15. The van der Waals surface area contributed by atoms with E-state index in [0.717, 1.165) is 12.1 Å². The quantitative estimate of drug-likeness (QED) is 0.783. The molecule has 0 bridgehead atoms. The third kappa shape index (κ3) is 4.51. The Morgan fingerprint density at radius 1 is 1.45 bits per heavy atom. The van der Waals surface area contributed by atoms with Crippen LogP contribution in [0.5, 0.6) is 0 Å². The maximum Gasteiger partial charge on any atom is 0.338 e. The Labute approximate surface area is 116 Å². The first-order chi connectivity index (χ1) is 9.45. The van der Waals surface area contributed by atoms with Crippen LogP contribution < -0.4 is 5.32 Å². The van der Waals surface area contributed by atoms with Crippen molar-refractivity contribution in [2.45, 2.75) is 6.92 Å². The van der Waals surface area contributed by atoms with E-state index in [0.29, 0.717) is 19.8 Å². The van der Waals surface area contributed by atoms with Gasteiger partial charge in [0, 0.05) is 25.9 Å². The summed E-state index contributed by atoms with van der Waals surface area (Å²) in [6, 6.07) is 2.95. The minimum atomic E-state index is -1.39. The number of anilines is 1. The number of carboxylic acid groups (broad SMARTS) is 1. The molecule has 0 spiro atoms. The number of rotatable bonds is 6. The van der Waals surface area contributed by atoms with Gasteiger partial charge < -0.3 is 20.1 Å². The highest BCUT2D eigenvalue weighted by Crippen LogP contribution is 2.15. The van der Waals surface area contributed by atoms with Gasteiger partial charge in [0.15, 0.2) is 0 Å². The lowest BCUT2D eigenvalue weighted by atomic mass is 10.2. The van der Waals surface area contributed by atoms with Crippen LogP contribution >= 0.6 is 0 Å². The molecule has 0 fully saturated rings. The van der Waals surface area contributed by atoms with Crippen molar-refractivity contribution in [3.05, 3.63) is 29.6 Å². The molecule has 20 heavy (non-hydrogen) atoms. The van der Waals surface area contributed by atoms with Gasteiger partial charge >= 0.3 is 12.0 Å². The molecule has 0 heterocycles. The van der Waals surface area contributed by atoms with Crippen molar-refractivity contribution in [3.63, 3.8) is 0 Å². The topological polar surface area (TPSA) is 78.9 Å². The first-order valence-corrected chi connectivity index (χ1v) is 6.08. The van der Waals surface area contributed by atoms with Gasteiger partial charge in [-0.3, -0.25) is 0 Å². The summed E-state index contributed by atoms with van der Waals surface area (Å²) in [5, 5.41) is 11.3. The Morgan fingerprint density at radius 2 is 2.15 bits per heavy atom. The van der Waals surface area contributed by atoms with Gasteiger partial charge in [0.1, 0.15) is 5.82 Å². The van der Waals surface area contributed by atoms with Crippen molar-refractivity contribution in [1.29, 1.82) is 0 Å². The summed E-state index contributed by atoms with van der Waals surface area (Å²) >= 11 is 0. The molecule has 7 heteroatoms. The third-order valence-electron chi connectivity index (χ3n) is 2.57. The van der Waals surface area contributed by atoms with Crippen LogP contribution in [0.15, 0.2) is 18.2 Å². The monoisotopic (exact) mass is 284 g/mol. The predicted octanol–water partition coefficient (Wildman–Crippen LogP) is 2.02. The molecule has 110 valence electrons. The van der Waals surface area contributed by atoms with Gasteiger partial charge in [-0.2, -0.15) is 0 Å². The minimum absolute atomic E-state index is 0.219. The van der Waals surface area contributed by atoms with Crippen molar-refractivity contribution in [1.82, 2.24) is 4.90 Å². The predicted molar refractivity (Wildman–Crippen MR) is 71.5 cm³/mol. The summed E-state index contributed by atoms with van der Waals surface area (Å²) in [6.07, 6.45) is 0. The minimum Gasteiger partial charge on any atom is -0.478 e. The maximum atomic E-state index is 13.2. The van der Waals surface area contributed by atoms with E-state index < -0.39 is 23.4 Å². The second-order valence-electron chi connectivity index (χ2n) is 4.05. The van der Waals surface area contributed by atoms with Gasteiger partial charge in [-0.05, 0) is 25.1 Å². The third-order valence-corrected chi connectivity index (χ3v) is 2.57. The number of benzene rings is 1. The Bertz CT molecular complexity index is 493. The molecule has 1 rings (SSSR count). The van der Waals surface area contributed by atoms with Crippen LogP contribution in [0, 0.1) is 5.82 Å². The molecule has 2 amide bonds. The fraction of sp³-hybridized carbons (Fsp3) is 0.385. The zero-order valence-electron chi connectivity index (χ0n) is 11.4. The van der Waals surface area contributed by atoms with Crippen LogP contribution in [0.3, 0.4) is 0 Å². The van der Waals surface area contributed by atoms with Crippen molar-refractivity contribution in [2.75, 3.05) is 32.1 Å². The molecule has 0 aliphatic heterocycles. The molecule has 0 aliphatic carbocycles. The van der Waals surface area contributed by atoms with Crippen molar-refractivity contribution in [3.8, 4) is 0 Å². The lowest BCUT2D eigenvalue weighted by Crippen LogP contribution is -2.34. The summed E-state index contributed by atoms with van der Waals surface area (Å²) in [4.78, 5) is 24.0. The second-order valence-corrected chi connectivity index (χ2v) is 4.05. The normalized spacial score (nSPS) is 10.2. The smallest absolute Gasteiger partial charge is 0.338 e. The molecule has 2 N–H and O–H groups in total. The lowest BCUT2D eigenvalue weighted by Gasteiger charge is -2.18. The van der Waals surface area contributed by atoms with Crippen LogP contribution in [0.1, 0.15) is 17.3 Å². The number of urea groups is 1. The second kappa shape index (κ2) is 7.44. The van der Waals surface area contributed by atoms with Crippen LogP contribution in [0.4, 0.5) is 14.9 Å². The highest BCUT2D eigenvalue weighted by molar-refractivity contribution is 5.93. The number of aromatic carboxylic acids is 1. The molecular formula is C13H17FN2O4. The first kappa shape index (κ1) is 15.9. The highest BCUT2D eigenvalue weighted by Gasteiger charge is 2.13. The van der Waals surface area contributed by atoms with Gasteiger partial charge in [-0.25, -0.2) is 14.0 Å². The number of carboxylic acids is 1. The molecule has 0 unspecified atom stereocenters. The molecule has 0 atom stereocenters. The molecule has 0 aliphatic rings. The summed E-state index contributed by atoms with van der Waals surface area (Å²) < 4.78 is 18.3. The molecule has 0 aromatic heterocycles. The number of likely N-dealkylation sites (N-methyl/N-ethyl adjacent to an activating group) is 1. The number of carbonyl (C=O) groups excluding carboxylic acids is 1. The van der Waals surface area contributed by atoms with E-state index >= 15 is 0 Å². The largest absolute Gasteiger partial charge is 0.478 e. The zero-order chi connectivity index (χ0) is 15.1. The van der Waals surface area contributed by atoms with Crippen LogP contribution in [-0.2, 0) is 4.74 Å². The number of carbonyl (C=O) groups is 2. The summed E-state index contributed by atoms with van der Waals surface area (Å²) in [7, 11) is 1.58. The van der Waals surface area contributed by atoms with Gasteiger partial charge in [-0.15, -0.1) is 0 Å². The molecule has 1 aromatic carbocycles. The lowest BCUT2D eigenvalue weighted by molar-refractivity contribution is 0.0692. The van der Waals surface area contributed by atoms with Gasteiger partial charge in [-0.1, -0.05) is 0 Å². The Morgan fingerprint density at radius 3 is 2.75 bits per heavy atom. The number of nitrogens with zero attached hydrogens (tertiary/aromatic N) is 1. The van der Waals surface area contributed by atoms with E-state index in [1.54, 1.807) is 7.05 Å². The van der Waals surface area contributed by atoms with Crippen molar-refractivity contribution < 1.29 is 23.8 Å². The zero-order valence-corrected chi connectivity index (χ0v) is 11.4. The summed E-state index contributed by atoms with van der Waals surface area (Å²) in [5.41, 5.74) is -0.267. The number of ether oxygens (including phenoxy) is 1. The molecule has 0 saturated carbocycles. The van der Waals surface area contributed by atoms with Crippen LogP contribution in [-0.4, -0.2) is 48.8 Å². The Balaban J connectivity index is 2.66. The fourth-order valence-electron chi connectivity index (χ4n) is 1.43. The van der Waals surface area contributed by atoms with Crippen molar-refractivity contribution in [2.24, 2.45) is 0 Å². The first-order valence-electron chi connectivity index (χ1n) is 6.08. The summed E-state index contributed by atoms with van der Waals surface area (Å²) in [5.74, 6) is -2.23. The Kier molecular flexibility index (Phi) is 5.92. The van der Waals surface area contributed by atoms with E-state index in [1.807, 2.05) is 6.92 Å².